The summed E-state index contributed by atoms with van der Waals surface area (Å²) in [5, 5.41) is 6.77. The van der Waals surface area contributed by atoms with Gasteiger partial charge in [-0.2, -0.15) is 11.8 Å². The zero-order valence-electron chi connectivity index (χ0n) is 8.85. The number of thiophene rings is 1. The lowest BCUT2D eigenvalue weighted by Crippen LogP contribution is -2.26. The SMILES string of the molecule is c1nc(NC2CCCSC2)c2ccsc2n1. The summed E-state index contributed by atoms with van der Waals surface area (Å²) in [6, 6.07) is 2.66. The number of thioether (sulfide) groups is 1. The van der Waals surface area contributed by atoms with E-state index in [1.807, 2.05) is 11.8 Å². The highest BCUT2D eigenvalue weighted by Crippen LogP contribution is 2.26. The fraction of sp³-hybridized carbons (Fsp3) is 0.455. The summed E-state index contributed by atoms with van der Waals surface area (Å²) in [7, 11) is 0. The fourth-order valence-corrected chi connectivity index (χ4v) is 3.76. The summed E-state index contributed by atoms with van der Waals surface area (Å²) in [5.74, 6) is 3.49. The van der Waals surface area contributed by atoms with Crippen molar-refractivity contribution in [3.05, 3.63) is 17.8 Å². The van der Waals surface area contributed by atoms with Crippen LogP contribution in [0.25, 0.3) is 10.2 Å². The second-order valence-electron chi connectivity index (χ2n) is 3.92. The van der Waals surface area contributed by atoms with E-state index < -0.39 is 0 Å². The first-order chi connectivity index (χ1) is 7.93. The highest BCUT2D eigenvalue weighted by Gasteiger charge is 2.15. The first kappa shape index (κ1) is 10.4. The van der Waals surface area contributed by atoms with Gasteiger partial charge >= 0.3 is 0 Å². The fourth-order valence-electron chi connectivity index (χ4n) is 1.95. The molecule has 1 unspecified atom stereocenters. The minimum Gasteiger partial charge on any atom is -0.366 e. The van der Waals surface area contributed by atoms with Gasteiger partial charge in [-0.3, -0.25) is 0 Å². The molecule has 1 fully saturated rings. The molecule has 16 heavy (non-hydrogen) atoms. The average Bonchev–Trinajstić information content (AvgIpc) is 2.80. The third-order valence-corrected chi connectivity index (χ3v) is 4.80. The molecule has 0 spiro atoms. The standard InChI is InChI=1S/C11H13N3S2/c1-2-8(6-15-4-1)14-10-9-3-5-16-11(9)13-7-12-10/h3,5,7-8H,1-2,4,6H2,(H,12,13,14). The van der Waals surface area contributed by atoms with E-state index >= 15 is 0 Å². The summed E-state index contributed by atoms with van der Waals surface area (Å²) >= 11 is 3.69. The Bertz CT molecular complexity index is 477. The van der Waals surface area contributed by atoms with Gasteiger partial charge in [0.1, 0.15) is 17.0 Å². The van der Waals surface area contributed by atoms with Crippen LogP contribution in [-0.4, -0.2) is 27.5 Å². The third-order valence-electron chi connectivity index (χ3n) is 2.76. The summed E-state index contributed by atoms with van der Waals surface area (Å²) in [6.45, 7) is 0. The Kier molecular flexibility index (Phi) is 2.97. The molecule has 3 heterocycles. The molecule has 0 radical (unpaired) electrons. The van der Waals surface area contributed by atoms with E-state index in [1.165, 1.54) is 24.3 Å². The van der Waals surface area contributed by atoms with E-state index in [4.69, 9.17) is 0 Å². The predicted molar refractivity (Wildman–Crippen MR) is 71.4 cm³/mol. The van der Waals surface area contributed by atoms with E-state index in [0.717, 1.165) is 16.0 Å². The van der Waals surface area contributed by atoms with Crippen LogP contribution in [0.15, 0.2) is 17.8 Å². The van der Waals surface area contributed by atoms with Crippen LogP contribution in [0.2, 0.25) is 0 Å². The van der Waals surface area contributed by atoms with Crippen molar-refractivity contribution >= 4 is 39.1 Å². The van der Waals surface area contributed by atoms with Crippen molar-refractivity contribution in [1.29, 1.82) is 0 Å². The number of anilines is 1. The Morgan fingerprint density at radius 3 is 3.25 bits per heavy atom. The van der Waals surface area contributed by atoms with Gasteiger partial charge in [0.15, 0.2) is 0 Å². The van der Waals surface area contributed by atoms with Crippen LogP contribution >= 0.6 is 23.1 Å². The second-order valence-corrected chi connectivity index (χ2v) is 5.96. The summed E-state index contributed by atoms with van der Waals surface area (Å²) in [4.78, 5) is 9.68. The summed E-state index contributed by atoms with van der Waals surface area (Å²) in [5.41, 5.74) is 0. The van der Waals surface area contributed by atoms with E-state index in [1.54, 1.807) is 17.7 Å². The lowest BCUT2D eigenvalue weighted by atomic mass is 10.2. The minimum atomic E-state index is 0.566. The number of nitrogens with one attached hydrogen (secondary N) is 1. The molecule has 0 bridgehead atoms. The molecule has 0 saturated carbocycles. The smallest absolute Gasteiger partial charge is 0.138 e. The molecule has 5 heteroatoms. The van der Waals surface area contributed by atoms with Crippen LogP contribution in [0.5, 0.6) is 0 Å². The Morgan fingerprint density at radius 1 is 1.38 bits per heavy atom. The van der Waals surface area contributed by atoms with Gasteiger partial charge in [0.25, 0.3) is 0 Å². The lowest BCUT2D eigenvalue weighted by Gasteiger charge is -2.23. The molecule has 84 valence electrons. The highest BCUT2D eigenvalue weighted by atomic mass is 32.2. The van der Waals surface area contributed by atoms with E-state index in [9.17, 15) is 0 Å². The van der Waals surface area contributed by atoms with Gasteiger partial charge in [0, 0.05) is 11.8 Å². The van der Waals surface area contributed by atoms with Gasteiger partial charge in [-0.05, 0) is 30.0 Å². The van der Waals surface area contributed by atoms with Crippen LogP contribution in [0.4, 0.5) is 5.82 Å². The largest absolute Gasteiger partial charge is 0.366 e. The molecule has 3 nitrogen and oxygen atoms in total. The zero-order chi connectivity index (χ0) is 10.8. The molecule has 0 aliphatic carbocycles. The van der Waals surface area contributed by atoms with E-state index in [2.05, 4.69) is 26.7 Å². The molecule has 1 aliphatic rings. The van der Waals surface area contributed by atoms with Crippen LogP contribution in [0.1, 0.15) is 12.8 Å². The highest BCUT2D eigenvalue weighted by molar-refractivity contribution is 7.99. The molecule has 2 aromatic heterocycles. The molecule has 3 rings (SSSR count). The van der Waals surface area contributed by atoms with Crippen molar-refractivity contribution in [2.45, 2.75) is 18.9 Å². The van der Waals surface area contributed by atoms with Crippen molar-refractivity contribution < 1.29 is 0 Å². The van der Waals surface area contributed by atoms with Gasteiger partial charge < -0.3 is 5.32 Å². The van der Waals surface area contributed by atoms with Crippen LogP contribution in [-0.2, 0) is 0 Å². The number of aromatic nitrogens is 2. The monoisotopic (exact) mass is 251 g/mol. The Morgan fingerprint density at radius 2 is 2.38 bits per heavy atom. The van der Waals surface area contributed by atoms with Crippen LogP contribution in [0, 0.1) is 0 Å². The summed E-state index contributed by atoms with van der Waals surface area (Å²) in [6.07, 6.45) is 4.21. The Hall–Kier alpha value is -0.810. The molecule has 2 aromatic rings. The second kappa shape index (κ2) is 4.59. The molecule has 0 aromatic carbocycles. The van der Waals surface area contributed by atoms with Crippen LogP contribution < -0.4 is 5.32 Å². The van der Waals surface area contributed by atoms with E-state index in [0.29, 0.717) is 6.04 Å². The van der Waals surface area contributed by atoms with Gasteiger partial charge in [0.2, 0.25) is 0 Å². The van der Waals surface area contributed by atoms with Crippen molar-refractivity contribution in [1.82, 2.24) is 9.97 Å². The van der Waals surface area contributed by atoms with E-state index in [-0.39, 0.29) is 0 Å². The normalized spacial score (nSPS) is 21.1. The van der Waals surface area contributed by atoms with Crippen molar-refractivity contribution in [3.8, 4) is 0 Å². The molecule has 1 saturated heterocycles. The summed E-state index contributed by atoms with van der Waals surface area (Å²) < 4.78 is 0. The molecule has 1 atom stereocenters. The first-order valence-electron chi connectivity index (χ1n) is 5.46. The maximum absolute atomic E-state index is 4.35. The maximum atomic E-state index is 4.35. The maximum Gasteiger partial charge on any atom is 0.138 e. The van der Waals surface area contributed by atoms with Crippen molar-refractivity contribution in [3.63, 3.8) is 0 Å². The zero-order valence-corrected chi connectivity index (χ0v) is 10.5. The Balaban J connectivity index is 1.85. The third kappa shape index (κ3) is 2.01. The molecular weight excluding hydrogens is 238 g/mol. The van der Waals surface area contributed by atoms with Gasteiger partial charge in [-0.15, -0.1) is 11.3 Å². The van der Waals surface area contributed by atoms with Gasteiger partial charge in [-0.25, -0.2) is 9.97 Å². The topological polar surface area (TPSA) is 37.8 Å². The van der Waals surface area contributed by atoms with Gasteiger partial charge in [-0.1, -0.05) is 0 Å². The Labute approximate surface area is 103 Å². The number of hydrogen-bond acceptors (Lipinski definition) is 5. The number of nitrogens with zero attached hydrogens (tertiary/aromatic N) is 2. The predicted octanol–water partition coefficient (Wildman–Crippen LogP) is 3.00. The van der Waals surface area contributed by atoms with Crippen molar-refractivity contribution in [2.75, 3.05) is 16.8 Å². The average molecular weight is 251 g/mol. The van der Waals surface area contributed by atoms with Crippen molar-refractivity contribution in [2.24, 2.45) is 0 Å². The quantitative estimate of drug-likeness (QED) is 0.890. The molecular formula is C11H13N3S2. The molecule has 0 amide bonds. The number of fused-ring (bicyclic) bond motifs is 1. The van der Waals surface area contributed by atoms with Crippen LogP contribution in [0.3, 0.4) is 0 Å². The number of rotatable bonds is 2. The van der Waals surface area contributed by atoms with Gasteiger partial charge in [0.05, 0.1) is 5.39 Å². The molecule has 1 aliphatic heterocycles. The first-order valence-corrected chi connectivity index (χ1v) is 7.49. The lowest BCUT2D eigenvalue weighted by molar-refractivity contribution is 0.683. The molecule has 1 N–H and O–H groups in total. The minimum absolute atomic E-state index is 0.566. The number of hydrogen-bond donors (Lipinski definition) is 1.